The highest BCUT2D eigenvalue weighted by atomic mass is 16.6. The van der Waals surface area contributed by atoms with Crippen molar-refractivity contribution < 1.29 is 28.5 Å². The molecular formula is C21H32O6. The van der Waals surface area contributed by atoms with Crippen molar-refractivity contribution in [2.24, 2.45) is 0 Å². The third kappa shape index (κ3) is 7.04. The van der Waals surface area contributed by atoms with Crippen LogP contribution < -0.4 is 18.9 Å². The highest BCUT2D eigenvalue weighted by Gasteiger charge is 2.22. The Balaban J connectivity index is 3.50. The second-order valence-corrected chi connectivity index (χ2v) is 6.54. The van der Waals surface area contributed by atoms with Crippen LogP contribution in [-0.4, -0.2) is 38.0 Å². The molecule has 0 amide bonds. The molecule has 0 bridgehead atoms. The number of hydrogen-bond donors (Lipinski definition) is 0. The number of ether oxygens (including phenoxy) is 5. The van der Waals surface area contributed by atoms with Gasteiger partial charge in [-0.2, -0.15) is 0 Å². The van der Waals surface area contributed by atoms with Gasteiger partial charge < -0.3 is 23.7 Å². The largest absolute Gasteiger partial charge is 0.490 e. The van der Waals surface area contributed by atoms with Gasteiger partial charge in [0.05, 0.1) is 32.0 Å². The zero-order chi connectivity index (χ0) is 20.4. The normalized spacial score (nSPS) is 11.4. The molecule has 152 valence electrons. The van der Waals surface area contributed by atoms with Gasteiger partial charge in [-0.25, -0.2) is 4.79 Å². The molecule has 0 fully saturated rings. The summed E-state index contributed by atoms with van der Waals surface area (Å²) >= 11 is 0. The summed E-state index contributed by atoms with van der Waals surface area (Å²) in [7, 11) is 0. The fraction of sp³-hybridized carbons (Fsp3) is 0.571. The lowest BCUT2D eigenvalue weighted by molar-refractivity contribution is -0.148. The predicted octanol–water partition coefficient (Wildman–Crippen LogP) is 4.64. The van der Waals surface area contributed by atoms with Gasteiger partial charge in [-0.05, 0) is 54.5 Å². The van der Waals surface area contributed by atoms with Crippen LogP contribution in [0.5, 0.6) is 23.0 Å². The van der Waals surface area contributed by atoms with Crippen LogP contribution >= 0.6 is 0 Å². The minimum absolute atomic E-state index is 0.437. The molecule has 0 aliphatic carbocycles. The first-order chi connectivity index (χ1) is 12.8. The van der Waals surface area contributed by atoms with E-state index >= 15 is 0 Å². The van der Waals surface area contributed by atoms with Gasteiger partial charge in [0, 0.05) is 12.1 Å². The minimum Gasteiger partial charge on any atom is -0.490 e. The van der Waals surface area contributed by atoms with Crippen molar-refractivity contribution in [2.45, 2.75) is 54.1 Å². The summed E-state index contributed by atoms with van der Waals surface area (Å²) in [4.78, 5) is 12.1. The van der Waals surface area contributed by atoms with Crippen molar-refractivity contribution in [3.05, 3.63) is 17.7 Å². The van der Waals surface area contributed by atoms with Crippen molar-refractivity contribution in [1.29, 1.82) is 0 Å². The maximum absolute atomic E-state index is 12.1. The summed E-state index contributed by atoms with van der Waals surface area (Å²) < 4.78 is 28.4. The smallest absolute Gasteiger partial charge is 0.331 e. The molecule has 27 heavy (non-hydrogen) atoms. The summed E-state index contributed by atoms with van der Waals surface area (Å²) in [6.45, 7) is 14.8. The summed E-state index contributed by atoms with van der Waals surface area (Å²) in [5.41, 5.74) is 0.00952. The fourth-order valence-corrected chi connectivity index (χ4v) is 2.37. The standard InChI is InChI=1S/C21H32O6/c1-8-23-16-14-17(24-9-2)20(26-11-4)15(19(16)25-10-3)12-13-18(22)27-21(5,6)7/h12-14H,8-11H2,1-7H3. The number of esters is 1. The molecule has 0 atom stereocenters. The highest BCUT2D eigenvalue weighted by molar-refractivity contribution is 5.89. The molecule has 0 radical (unpaired) electrons. The van der Waals surface area contributed by atoms with Crippen molar-refractivity contribution in [1.82, 2.24) is 0 Å². The van der Waals surface area contributed by atoms with Crippen LogP contribution in [-0.2, 0) is 9.53 Å². The highest BCUT2D eigenvalue weighted by Crippen LogP contribution is 2.45. The monoisotopic (exact) mass is 380 g/mol. The average molecular weight is 380 g/mol. The summed E-state index contributed by atoms with van der Waals surface area (Å²) in [5.74, 6) is 1.63. The van der Waals surface area contributed by atoms with Crippen molar-refractivity contribution in [2.75, 3.05) is 26.4 Å². The van der Waals surface area contributed by atoms with E-state index in [-0.39, 0.29) is 0 Å². The quantitative estimate of drug-likeness (QED) is 0.435. The first-order valence-electron chi connectivity index (χ1n) is 9.40. The Bertz CT molecular complexity index is 609. The molecule has 1 aromatic rings. The third-order valence-corrected chi connectivity index (χ3v) is 3.17. The molecule has 6 nitrogen and oxygen atoms in total. The maximum atomic E-state index is 12.1. The van der Waals surface area contributed by atoms with E-state index in [1.165, 1.54) is 6.08 Å². The topological polar surface area (TPSA) is 63.2 Å². The molecule has 0 aliphatic heterocycles. The van der Waals surface area contributed by atoms with Crippen LogP contribution in [0, 0.1) is 0 Å². The van der Waals surface area contributed by atoms with Gasteiger partial charge >= 0.3 is 5.97 Å². The molecule has 0 N–H and O–H groups in total. The zero-order valence-electron chi connectivity index (χ0n) is 17.5. The Hall–Kier alpha value is -2.37. The molecular weight excluding hydrogens is 348 g/mol. The van der Waals surface area contributed by atoms with E-state index in [9.17, 15) is 4.79 Å². The van der Waals surface area contributed by atoms with Gasteiger partial charge in [-0.3, -0.25) is 0 Å². The van der Waals surface area contributed by atoms with Gasteiger partial charge in [0.1, 0.15) is 5.60 Å². The lowest BCUT2D eigenvalue weighted by atomic mass is 10.1. The summed E-state index contributed by atoms with van der Waals surface area (Å²) in [6, 6.07) is 1.76. The Morgan fingerprint density at radius 2 is 1.30 bits per heavy atom. The number of rotatable bonds is 10. The summed E-state index contributed by atoms with van der Waals surface area (Å²) in [6.07, 6.45) is 2.98. The predicted molar refractivity (Wildman–Crippen MR) is 106 cm³/mol. The molecule has 1 aromatic carbocycles. The van der Waals surface area contributed by atoms with Gasteiger partial charge in [0.25, 0.3) is 0 Å². The van der Waals surface area contributed by atoms with E-state index in [0.717, 1.165) is 0 Å². The fourth-order valence-electron chi connectivity index (χ4n) is 2.37. The maximum Gasteiger partial charge on any atom is 0.331 e. The van der Waals surface area contributed by atoms with Crippen LogP contribution in [0.25, 0.3) is 6.08 Å². The first kappa shape index (κ1) is 22.7. The van der Waals surface area contributed by atoms with E-state index < -0.39 is 11.6 Å². The van der Waals surface area contributed by atoms with Crippen molar-refractivity contribution in [3.8, 4) is 23.0 Å². The Morgan fingerprint density at radius 3 is 1.67 bits per heavy atom. The van der Waals surface area contributed by atoms with Crippen LogP contribution in [0.3, 0.4) is 0 Å². The SMILES string of the molecule is CCOc1cc(OCC)c(OCC)c(C=CC(=O)OC(C)(C)C)c1OCC. The molecule has 0 heterocycles. The molecule has 0 spiro atoms. The molecule has 0 saturated carbocycles. The molecule has 1 rings (SSSR count). The Morgan fingerprint density at radius 1 is 0.852 bits per heavy atom. The van der Waals surface area contributed by atoms with Gasteiger partial charge in [0.15, 0.2) is 23.0 Å². The molecule has 6 heteroatoms. The van der Waals surface area contributed by atoms with Gasteiger partial charge in [0.2, 0.25) is 0 Å². The van der Waals surface area contributed by atoms with E-state index in [2.05, 4.69) is 0 Å². The van der Waals surface area contributed by atoms with Crippen molar-refractivity contribution >= 4 is 12.0 Å². The molecule has 0 aliphatic rings. The Kier molecular flexibility index (Phi) is 8.98. The second-order valence-electron chi connectivity index (χ2n) is 6.54. The van der Waals surface area contributed by atoms with E-state index in [4.69, 9.17) is 23.7 Å². The van der Waals surface area contributed by atoms with Crippen LogP contribution in [0.4, 0.5) is 0 Å². The Labute approximate surface area is 162 Å². The summed E-state index contributed by atoms with van der Waals surface area (Å²) in [5, 5.41) is 0. The van der Waals surface area contributed by atoms with E-state index in [1.807, 2.05) is 48.5 Å². The minimum atomic E-state index is -0.573. The number of hydrogen-bond acceptors (Lipinski definition) is 6. The lowest BCUT2D eigenvalue weighted by Gasteiger charge is -2.20. The lowest BCUT2D eigenvalue weighted by Crippen LogP contribution is -2.22. The molecule has 0 saturated heterocycles. The van der Waals surface area contributed by atoms with Crippen molar-refractivity contribution in [3.63, 3.8) is 0 Å². The van der Waals surface area contributed by atoms with Gasteiger partial charge in [-0.1, -0.05) is 0 Å². The third-order valence-electron chi connectivity index (χ3n) is 3.17. The number of carbonyl (C=O) groups excluding carboxylic acids is 1. The van der Waals surface area contributed by atoms with E-state index in [0.29, 0.717) is 55.0 Å². The number of benzene rings is 1. The van der Waals surface area contributed by atoms with Gasteiger partial charge in [-0.15, -0.1) is 0 Å². The average Bonchev–Trinajstić information content (AvgIpc) is 2.56. The first-order valence-corrected chi connectivity index (χ1v) is 9.40. The van der Waals surface area contributed by atoms with Crippen LogP contribution in [0.2, 0.25) is 0 Å². The van der Waals surface area contributed by atoms with Crippen LogP contribution in [0.1, 0.15) is 54.0 Å². The van der Waals surface area contributed by atoms with Crippen LogP contribution in [0.15, 0.2) is 12.1 Å². The second kappa shape index (κ2) is 10.7. The molecule has 0 aromatic heterocycles. The zero-order valence-corrected chi connectivity index (χ0v) is 17.5. The van der Waals surface area contributed by atoms with E-state index in [1.54, 1.807) is 12.1 Å². The number of carbonyl (C=O) groups is 1. The molecule has 0 unspecified atom stereocenters.